The van der Waals surface area contributed by atoms with Gasteiger partial charge in [0.25, 0.3) is 0 Å². The molecular weight excluding hydrogens is 304 g/mol. The quantitative estimate of drug-likeness (QED) is 0.926. The van der Waals surface area contributed by atoms with E-state index in [0.717, 1.165) is 43.7 Å². The zero-order chi connectivity index (χ0) is 17.2. The van der Waals surface area contributed by atoms with Crippen LogP contribution in [-0.2, 0) is 9.59 Å². The second kappa shape index (κ2) is 6.83. The Bertz CT molecular complexity index is 621. The van der Waals surface area contributed by atoms with Gasteiger partial charge in [-0.05, 0) is 18.1 Å². The van der Waals surface area contributed by atoms with E-state index in [4.69, 9.17) is 4.74 Å². The van der Waals surface area contributed by atoms with Gasteiger partial charge in [-0.3, -0.25) is 9.59 Å². The molecule has 2 aliphatic rings. The highest BCUT2D eigenvalue weighted by Crippen LogP contribution is 2.46. The summed E-state index contributed by atoms with van der Waals surface area (Å²) in [5.41, 5.74) is 0.871. The molecule has 0 unspecified atom stereocenters. The molecule has 5 heteroatoms. The van der Waals surface area contributed by atoms with Crippen molar-refractivity contribution in [3.8, 4) is 5.75 Å². The van der Waals surface area contributed by atoms with Crippen molar-refractivity contribution in [2.45, 2.75) is 50.5 Å². The first-order valence-electron chi connectivity index (χ1n) is 8.83. The van der Waals surface area contributed by atoms with E-state index in [0.29, 0.717) is 12.8 Å². The molecule has 1 atom stereocenters. The molecule has 1 spiro atoms. The van der Waals surface area contributed by atoms with Gasteiger partial charge in [0.1, 0.15) is 11.4 Å². The minimum Gasteiger partial charge on any atom is -0.487 e. The Hall–Kier alpha value is -2.04. The van der Waals surface area contributed by atoms with Gasteiger partial charge in [-0.2, -0.15) is 0 Å². The number of amides is 2. The van der Waals surface area contributed by atoms with Crippen LogP contribution in [0.5, 0.6) is 5.75 Å². The summed E-state index contributed by atoms with van der Waals surface area (Å²) in [7, 11) is 1.68. The fourth-order valence-corrected chi connectivity index (χ4v) is 3.95. The number of carbonyl (C=O) groups excluding carboxylic acids is 2. The van der Waals surface area contributed by atoms with Crippen LogP contribution in [0.15, 0.2) is 24.3 Å². The average molecular weight is 330 g/mol. The summed E-state index contributed by atoms with van der Waals surface area (Å²) >= 11 is 0. The summed E-state index contributed by atoms with van der Waals surface area (Å²) in [4.78, 5) is 25.8. The van der Waals surface area contributed by atoms with E-state index < -0.39 is 0 Å². The maximum Gasteiger partial charge on any atom is 0.222 e. The predicted molar refractivity (Wildman–Crippen MR) is 91.9 cm³/mol. The van der Waals surface area contributed by atoms with Crippen LogP contribution < -0.4 is 10.1 Å². The maximum atomic E-state index is 11.9. The lowest BCUT2D eigenvalue weighted by Gasteiger charge is -2.47. The lowest BCUT2D eigenvalue weighted by Crippen LogP contribution is -2.52. The zero-order valence-electron chi connectivity index (χ0n) is 14.5. The standard InChI is InChI=1S/C19H26N2O3/c1-3-18(23)21-10-8-19(9-11-21)13-14(12-17(22)20-2)15-6-4-5-7-16(15)24-19/h4-7,14H,3,8-13H2,1-2H3,(H,20,22)/t14-/m1/s1. The minimum absolute atomic E-state index is 0.0606. The molecular formula is C19H26N2O3. The highest BCUT2D eigenvalue weighted by atomic mass is 16.5. The smallest absolute Gasteiger partial charge is 0.222 e. The Morgan fingerprint density at radius 2 is 2.00 bits per heavy atom. The van der Waals surface area contributed by atoms with Gasteiger partial charge in [0.2, 0.25) is 11.8 Å². The van der Waals surface area contributed by atoms with Crippen molar-refractivity contribution >= 4 is 11.8 Å². The molecule has 130 valence electrons. The Labute approximate surface area is 143 Å². The number of piperidine rings is 1. The Morgan fingerprint density at radius 3 is 2.67 bits per heavy atom. The van der Waals surface area contributed by atoms with Crippen LogP contribution >= 0.6 is 0 Å². The highest BCUT2D eigenvalue weighted by molar-refractivity contribution is 5.77. The van der Waals surface area contributed by atoms with Crippen LogP contribution in [0.4, 0.5) is 0 Å². The number of likely N-dealkylation sites (tertiary alicyclic amines) is 1. The molecule has 0 saturated carbocycles. The second-order valence-electron chi connectivity index (χ2n) is 6.84. The van der Waals surface area contributed by atoms with Gasteiger partial charge in [-0.25, -0.2) is 0 Å². The van der Waals surface area contributed by atoms with Crippen molar-refractivity contribution in [2.75, 3.05) is 20.1 Å². The van der Waals surface area contributed by atoms with Gasteiger partial charge in [-0.1, -0.05) is 25.1 Å². The largest absolute Gasteiger partial charge is 0.487 e. The van der Waals surface area contributed by atoms with Crippen molar-refractivity contribution in [1.82, 2.24) is 10.2 Å². The van der Waals surface area contributed by atoms with Crippen molar-refractivity contribution in [1.29, 1.82) is 0 Å². The number of hydrogen-bond acceptors (Lipinski definition) is 3. The SMILES string of the molecule is CCC(=O)N1CCC2(CC1)C[C@@H](CC(=O)NC)c1ccccc1O2. The molecule has 2 aliphatic heterocycles. The highest BCUT2D eigenvalue weighted by Gasteiger charge is 2.44. The number of benzene rings is 1. The summed E-state index contributed by atoms with van der Waals surface area (Å²) in [6.07, 6.45) is 3.53. The van der Waals surface area contributed by atoms with E-state index in [2.05, 4.69) is 11.4 Å². The molecule has 0 aliphatic carbocycles. The van der Waals surface area contributed by atoms with Crippen LogP contribution in [0.2, 0.25) is 0 Å². The maximum absolute atomic E-state index is 11.9. The fourth-order valence-electron chi connectivity index (χ4n) is 3.95. The van der Waals surface area contributed by atoms with E-state index in [9.17, 15) is 9.59 Å². The molecule has 1 aromatic rings. The molecule has 2 heterocycles. The zero-order valence-corrected chi connectivity index (χ0v) is 14.5. The van der Waals surface area contributed by atoms with E-state index in [1.165, 1.54) is 0 Å². The molecule has 0 radical (unpaired) electrons. The third-order valence-electron chi connectivity index (χ3n) is 5.34. The molecule has 3 rings (SSSR count). The summed E-state index contributed by atoms with van der Waals surface area (Å²) in [5.74, 6) is 1.34. The molecule has 5 nitrogen and oxygen atoms in total. The second-order valence-corrected chi connectivity index (χ2v) is 6.84. The summed E-state index contributed by atoms with van der Waals surface area (Å²) < 4.78 is 6.40. The van der Waals surface area contributed by atoms with Crippen LogP contribution in [-0.4, -0.2) is 42.5 Å². The molecule has 1 saturated heterocycles. The third kappa shape index (κ3) is 3.25. The number of rotatable bonds is 3. The first-order chi connectivity index (χ1) is 11.6. The topological polar surface area (TPSA) is 58.6 Å². The molecule has 1 fully saturated rings. The average Bonchev–Trinajstić information content (AvgIpc) is 2.61. The Kier molecular flexibility index (Phi) is 4.78. The molecule has 24 heavy (non-hydrogen) atoms. The van der Waals surface area contributed by atoms with Gasteiger partial charge in [-0.15, -0.1) is 0 Å². The van der Waals surface area contributed by atoms with Crippen LogP contribution in [0.25, 0.3) is 0 Å². The lowest BCUT2D eigenvalue weighted by molar-refractivity contribution is -0.135. The summed E-state index contributed by atoms with van der Waals surface area (Å²) in [5, 5.41) is 2.73. The monoisotopic (exact) mass is 330 g/mol. The lowest BCUT2D eigenvalue weighted by atomic mass is 9.76. The van der Waals surface area contributed by atoms with Gasteiger partial charge in [0.05, 0.1) is 0 Å². The van der Waals surface area contributed by atoms with Crippen molar-refractivity contribution in [3.05, 3.63) is 29.8 Å². The minimum atomic E-state index is -0.252. The van der Waals surface area contributed by atoms with Gasteiger partial charge in [0.15, 0.2) is 0 Å². The van der Waals surface area contributed by atoms with Gasteiger partial charge in [0, 0.05) is 51.7 Å². The van der Waals surface area contributed by atoms with E-state index >= 15 is 0 Å². The number of para-hydroxylation sites is 1. The third-order valence-corrected chi connectivity index (χ3v) is 5.34. The number of hydrogen-bond donors (Lipinski definition) is 1. The first-order valence-corrected chi connectivity index (χ1v) is 8.83. The van der Waals surface area contributed by atoms with E-state index in [1.54, 1.807) is 7.05 Å². The first kappa shape index (κ1) is 16.8. The number of ether oxygens (including phenoxy) is 1. The Balaban J connectivity index is 1.79. The van der Waals surface area contributed by atoms with Crippen LogP contribution in [0.1, 0.15) is 50.5 Å². The van der Waals surface area contributed by atoms with E-state index in [-0.39, 0.29) is 23.3 Å². The summed E-state index contributed by atoms with van der Waals surface area (Å²) in [6, 6.07) is 8.03. The number of carbonyl (C=O) groups is 2. The Morgan fingerprint density at radius 1 is 1.29 bits per heavy atom. The van der Waals surface area contributed by atoms with Crippen LogP contribution in [0.3, 0.4) is 0 Å². The molecule has 1 N–H and O–H groups in total. The fraction of sp³-hybridized carbons (Fsp3) is 0.579. The molecule has 0 aromatic heterocycles. The number of nitrogens with one attached hydrogen (secondary N) is 1. The molecule has 2 amide bonds. The number of fused-ring (bicyclic) bond motifs is 1. The molecule has 0 bridgehead atoms. The van der Waals surface area contributed by atoms with Gasteiger partial charge < -0.3 is 15.0 Å². The van der Waals surface area contributed by atoms with E-state index in [1.807, 2.05) is 30.0 Å². The van der Waals surface area contributed by atoms with Crippen molar-refractivity contribution < 1.29 is 14.3 Å². The molecule has 1 aromatic carbocycles. The number of nitrogens with zero attached hydrogens (tertiary/aromatic N) is 1. The predicted octanol–water partition coefficient (Wildman–Crippen LogP) is 2.46. The van der Waals surface area contributed by atoms with Gasteiger partial charge >= 0.3 is 0 Å². The van der Waals surface area contributed by atoms with Crippen LogP contribution in [0, 0.1) is 0 Å². The normalized spacial score (nSPS) is 21.8. The summed E-state index contributed by atoms with van der Waals surface area (Å²) in [6.45, 7) is 3.38. The van der Waals surface area contributed by atoms with Crippen molar-refractivity contribution in [3.63, 3.8) is 0 Å². The van der Waals surface area contributed by atoms with Crippen molar-refractivity contribution in [2.24, 2.45) is 0 Å².